The number of hydrogen-bond acceptors (Lipinski definition) is 3. The summed E-state index contributed by atoms with van der Waals surface area (Å²) in [6.07, 6.45) is 7.41. The predicted molar refractivity (Wildman–Crippen MR) is 99.4 cm³/mol. The lowest BCUT2D eigenvalue weighted by Gasteiger charge is -2.08. The van der Waals surface area contributed by atoms with E-state index in [-0.39, 0.29) is 6.03 Å². The number of carbonyl (C=O) groups is 1. The first-order chi connectivity index (χ1) is 11.7. The Morgan fingerprint density at radius 2 is 1.88 bits per heavy atom. The van der Waals surface area contributed by atoms with Crippen molar-refractivity contribution in [1.82, 2.24) is 10.3 Å². The molecule has 0 aliphatic heterocycles. The molecule has 0 radical (unpaired) electrons. The maximum Gasteiger partial charge on any atom is 0.319 e. The molecular formula is C18H22BrN3O2. The van der Waals surface area contributed by atoms with Gasteiger partial charge in [-0.25, -0.2) is 4.79 Å². The molecule has 2 N–H and O–H groups in total. The molecule has 0 unspecified atom stereocenters. The Hall–Kier alpha value is -2.08. The fourth-order valence-corrected chi connectivity index (χ4v) is 2.51. The van der Waals surface area contributed by atoms with Gasteiger partial charge < -0.3 is 15.4 Å². The molecule has 24 heavy (non-hydrogen) atoms. The molecule has 5 nitrogen and oxygen atoms in total. The summed E-state index contributed by atoms with van der Waals surface area (Å²) < 4.78 is 6.47. The molecule has 128 valence electrons. The van der Waals surface area contributed by atoms with Gasteiger partial charge in [0.15, 0.2) is 0 Å². The van der Waals surface area contributed by atoms with Crippen molar-refractivity contribution in [2.75, 3.05) is 18.5 Å². The number of nitrogens with zero attached hydrogens (tertiary/aromatic N) is 1. The number of hydrogen-bond donors (Lipinski definition) is 2. The van der Waals surface area contributed by atoms with Crippen molar-refractivity contribution >= 4 is 27.6 Å². The minimum Gasteiger partial charge on any atom is -0.494 e. The zero-order valence-electron chi connectivity index (χ0n) is 13.5. The monoisotopic (exact) mass is 391 g/mol. The van der Waals surface area contributed by atoms with Crippen molar-refractivity contribution in [2.45, 2.75) is 25.7 Å². The lowest BCUT2D eigenvalue weighted by Crippen LogP contribution is -2.29. The van der Waals surface area contributed by atoms with E-state index in [0.717, 1.165) is 42.5 Å². The number of aromatic nitrogens is 1. The van der Waals surface area contributed by atoms with Crippen LogP contribution in [-0.4, -0.2) is 24.2 Å². The fraction of sp³-hybridized carbons (Fsp3) is 0.333. The van der Waals surface area contributed by atoms with E-state index in [2.05, 4.69) is 31.5 Å². The number of nitrogens with one attached hydrogen (secondary N) is 2. The highest BCUT2D eigenvalue weighted by Gasteiger charge is 2.01. The molecule has 2 aromatic rings. The number of carbonyl (C=O) groups excluding carboxylic acids is 1. The number of unbranched alkanes of at least 4 members (excludes halogenated alkanes) is 3. The zero-order chi connectivity index (χ0) is 17.0. The maximum absolute atomic E-state index is 11.7. The SMILES string of the molecule is O=C(NCCCCCCOc1ccccc1)Nc1cncc(Br)c1. The molecule has 0 saturated heterocycles. The summed E-state index contributed by atoms with van der Waals surface area (Å²) in [7, 11) is 0. The van der Waals surface area contributed by atoms with Crippen LogP contribution in [0.15, 0.2) is 53.3 Å². The first kappa shape index (κ1) is 18.3. The van der Waals surface area contributed by atoms with Gasteiger partial charge in [0.05, 0.1) is 18.5 Å². The number of para-hydroxylation sites is 1. The lowest BCUT2D eigenvalue weighted by molar-refractivity contribution is 0.251. The van der Waals surface area contributed by atoms with Gasteiger partial charge in [-0.15, -0.1) is 0 Å². The normalized spacial score (nSPS) is 10.2. The van der Waals surface area contributed by atoms with Gasteiger partial charge in [0, 0.05) is 17.2 Å². The van der Waals surface area contributed by atoms with Crippen molar-refractivity contribution in [3.8, 4) is 5.75 Å². The first-order valence-electron chi connectivity index (χ1n) is 8.07. The lowest BCUT2D eigenvalue weighted by atomic mass is 10.2. The van der Waals surface area contributed by atoms with Crippen LogP contribution in [0.2, 0.25) is 0 Å². The largest absolute Gasteiger partial charge is 0.494 e. The second kappa shape index (κ2) is 10.6. The molecule has 2 amide bonds. The van der Waals surface area contributed by atoms with Gasteiger partial charge in [0.1, 0.15) is 5.75 Å². The quantitative estimate of drug-likeness (QED) is 0.613. The van der Waals surface area contributed by atoms with Crippen molar-refractivity contribution in [3.63, 3.8) is 0 Å². The number of anilines is 1. The first-order valence-corrected chi connectivity index (χ1v) is 8.86. The molecule has 0 spiro atoms. The summed E-state index contributed by atoms with van der Waals surface area (Å²) in [5, 5.41) is 5.59. The van der Waals surface area contributed by atoms with E-state index in [0.29, 0.717) is 12.2 Å². The molecular weight excluding hydrogens is 370 g/mol. The van der Waals surface area contributed by atoms with E-state index in [1.165, 1.54) is 0 Å². The Kier molecular flexibility index (Phi) is 8.10. The van der Waals surface area contributed by atoms with E-state index >= 15 is 0 Å². The second-order valence-electron chi connectivity index (χ2n) is 5.35. The third kappa shape index (κ3) is 7.46. The van der Waals surface area contributed by atoms with Gasteiger partial charge >= 0.3 is 6.03 Å². The number of halogens is 1. The van der Waals surface area contributed by atoms with Crippen LogP contribution >= 0.6 is 15.9 Å². The van der Waals surface area contributed by atoms with Crippen LogP contribution in [0, 0.1) is 0 Å². The average molecular weight is 392 g/mol. The Bertz CT molecular complexity index is 623. The molecule has 6 heteroatoms. The van der Waals surface area contributed by atoms with Gasteiger partial charge in [0.2, 0.25) is 0 Å². The molecule has 0 saturated carbocycles. The molecule has 0 aliphatic rings. The van der Waals surface area contributed by atoms with Crippen LogP contribution in [0.25, 0.3) is 0 Å². The Morgan fingerprint density at radius 3 is 2.67 bits per heavy atom. The summed E-state index contributed by atoms with van der Waals surface area (Å²) >= 11 is 3.32. The smallest absolute Gasteiger partial charge is 0.319 e. The summed E-state index contributed by atoms with van der Waals surface area (Å²) in [6.45, 7) is 1.39. The number of ether oxygens (including phenoxy) is 1. The number of pyridine rings is 1. The van der Waals surface area contributed by atoms with Crippen LogP contribution in [-0.2, 0) is 0 Å². The van der Waals surface area contributed by atoms with E-state index in [9.17, 15) is 4.79 Å². The van der Waals surface area contributed by atoms with Crippen LogP contribution in [0.1, 0.15) is 25.7 Å². The number of urea groups is 1. The predicted octanol–water partition coefficient (Wildman–Crippen LogP) is 4.61. The van der Waals surface area contributed by atoms with Crippen LogP contribution in [0.4, 0.5) is 10.5 Å². The maximum atomic E-state index is 11.7. The highest BCUT2D eigenvalue weighted by atomic mass is 79.9. The Morgan fingerprint density at radius 1 is 1.08 bits per heavy atom. The third-order valence-corrected chi connectivity index (χ3v) is 3.77. The van der Waals surface area contributed by atoms with E-state index in [4.69, 9.17) is 4.74 Å². The van der Waals surface area contributed by atoms with Crippen molar-refractivity contribution in [3.05, 3.63) is 53.3 Å². The highest BCUT2D eigenvalue weighted by molar-refractivity contribution is 9.10. The third-order valence-electron chi connectivity index (χ3n) is 3.33. The standard InChI is InChI=1S/C18H22BrN3O2/c19-15-12-16(14-20-13-15)22-18(23)21-10-6-1-2-7-11-24-17-8-4-3-5-9-17/h3-5,8-9,12-14H,1-2,6-7,10-11H2,(H2,21,22,23). The Labute approximate surface area is 151 Å². The Balaban J connectivity index is 1.47. The minimum atomic E-state index is -0.206. The minimum absolute atomic E-state index is 0.206. The summed E-state index contributed by atoms with van der Waals surface area (Å²) in [5.41, 5.74) is 0.667. The molecule has 1 aromatic heterocycles. The van der Waals surface area contributed by atoms with Crippen molar-refractivity contribution < 1.29 is 9.53 Å². The number of amides is 2. The van der Waals surface area contributed by atoms with Crippen LogP contribution in [0.5, 0.6) is 5.75 Å². The van der Waals surface area contributed by atoms with Crippen molar-refractivity contribution in [1.29, 1.82) is 0 Å². The number of rotatable bonds is 9. The molecule has 1 heterocycles. The highest BCUT2D eigenvalue weighted by Crippen LogP contribution is 2.13. The van der Waals surface area contributed by atoms with Gasteiger partial charge in [-0.05, 0) is 47.0 Å². The zero-order valence-corrected chi connectivity index (χ0v) is 15.1. The summed E-state index contributed by atoms with van der Waals surface area (Å²) in [5.74, 6) is 0.915. The average Bonchev–Trinajstić information content (AvgIpc) is 2.58. The molecule has 1 aromatic carbocycles. The van der Waals surface area contributed by atoms with Crippen molar-refractivity contribution in [2.24, 2.45) is 0 Å². The second-order valence-corrected chi connectivity index (χ2v) is 6.26. The molecule has 0 fully saturated rings. The molecule has 0 bridgehead atoms. The van der Waals surface area contributed by atoms with Gasteiger partial charge in [0.25, 0.3) is 0 Å². The number of benzene rings is 1. The van der Waals surface area contributed by atoms with E-state index in [1.807, 2.05) is 30.3 Å². The molecule has 0 aliphatic carbocycles. The van der Waals surface area contributed by atoms with E-state index < -0.39 is 0 Å². The van der Waals surface area contributed by atoms with Crippen LogP contribution in [0.3, 0.4) is 0 Å². The molecule has 0 atom stereocenters. The summed E-state index contributed by atoms with van der Waals surface area (Å²) in [4.78, 5) is 15.7. The van der Waals surface area contributed by atoms with Gasteiger partial charge in [-0.2, -0.15) is 0 Å². The van der Waals surface area contributed by atoms with Crippen LogP contribution < -0.4 is 15.4 Å². The topological polar surface area (TPSA) is 63.2 Å². The van der Waals surface area contributed by atoms with Gasteiger partial charge in [-0.3, -0.25) is 4.98 Å². The molecule has 2 rings (SSSR count). The summed E-state index contributed by atoms with van der Waals surface area (Å²) in [6, 6.07) is 11.4. The van der Waals surface area contributed by atoms with E-state index in [1.54, 1.807) is 18.5 Å². The van der Waals surface area contributed by atoms with Gasteiger partial charge in [-0.1, -0.05) is 31.0 Å². The fourth-order valence-electron chi connectivity index (χ4n) is 2.14.